The number of halogens is 1. The maximum atomic E-state index is 6.14. The second kappa shape index (κ2) is 4.89. The molecule has 5 heteroatoms. The molecule has 0 aromatic carbocycles. The van der Waals surface area contributed by atoms with Gasteiger partial charge >= 0.3 is 7.12 Å². The number of hydrogen-bond acceptors (Lipinski definition) is 2. The summed E-state index contributed by atoms with van der Waals surface area (Å²) in [5.41, 5.74) is 0.537. The highest BCUT2D eigenvalue weighted by molar-refractivity contribution is 9.10. The molecule has 1 aliphatic carbocycles. The fourth-order valence-electron chi connectivity index (χ4n) is 3.02. The van der Waals surface area contributed by atoms with Gasteiger partial charge in [-0.3, -0.25) is 0 Å². The molecule has 2 aliphatic rings. The van der Waals surface area contributed by atoms with Crippen LogP contribution in [0.4, 0.5) is 0 Å². The van der Waals surface area contributed by atoms with E-state index in [1.54, 1.807) is 0 Å². The number of aromatic nitrogens is 1. The Bertz CT molecular complexity index is 490. The number of nitrogens with zero attached hydrogens (tertiary/aromatic N) is 1. The first-order chi connectivity index (χ1) is 9.30. The summed E-state index contributed by atoms with van der Waals surface area (Å²) >= 11 is 3.67. The van der Waals surface area contributed by atoms with Crippen molar-refractivity contribution in [2.45, 2.75) is 70.6 Å². The van der Waals surface area contributed by atoms with E-state index in [-0.39, 0.29) is 18.3 Å². The lowest BCUT2D eigenvalue weighted by Gasteiger charge is -2.32. The van der Waals surface area contributed by atoms with Gasteiger partial charge in [0.25, 0.3) is 0 Å². The molecule has 1 aliphatic heterocycles. The van der Waals surface area contributed by atoms with Crippen molar-refractivity contribution in [3.05, 3.63) is 16.9 Å². The summed E-state index contributed by atoms with van der Waals surface area (Å²) in [5.74, 6) is 0. The number of hydrogen-bond donors (Lipinski definition) is 0. The third-order valence-corrected chi connectivity index (χ3v) is 5.74. The number of rotatable bonds is 2. The van der Waals surface area contributed by atoms with Crippen LogP contribution in [0.25, 0.3) is 0 Å². The fourth-order valence-corrected chi connectivity index (χ4v) is 3.55. The third kappa shape index (κ3) is 2.38. The predicted molar refractivity (Wildman–Crippen MR) is 85.4 cm³/mol. The van der Waals surface area contributed by atoms with Gasteiger partial charge in [0.05, 0.1) is 11.2 Å². The zero-order valence-electron chi connectivity index (χ0n) is 12.8. The molecule has 1 aromatic rings. The van der Waals surface area contributed by atoms with Crippen molar-refractivity contribution in [3.63, 3.8) is 0 Å². The van der Waals surface area contributed by atoms with Crippen LogP contribution < -0.4 is 5.46 Å². The normalized spacial score (nSPS) is 25.6. The Hall–Kier alpha value is -0.255. The second-order valence-electron chi connectivity index (χ2n) is 7.04. The van der Waals surface area contributed by atoms with Crippen molar-refractivity contribution in [2.75, 3.05) is 0 Å². The lowest BCUT2D eigenvalue weighted by atomic mass is 9.81. The first-order valence-corrected chi connectivity index (χ1v) is 8.32. The average molecular weight is 340 g/mol. The standard InChI is InChI=1S/C15H23BBrNO2/c1-14(2)15(3,4)20-16(19-14)12-9-18(10-13(12)17)11-7-5-6-8-11/h9-11H,5-8H2,1-4H3. The summed E-state index contributed by atoms with van der Waals surface area (Å²) in [7, 11) is -0.281. The van der Waals surface area contributed by atoms with E-state index in [1.165, 1.54) is 25.7 Å². The van der Waals surface area contributed by atoms with Crippen molar-refractivity contribution in [1.29, 1.82) is 0 Å². The van der Waals surface area contributed by atoms with E-state index >= 15 is 0 Å². The molecule has 110 valence electrons. The van der Waals surface area contributed by atoms with E-state index in [2.05, 4.69) is 60.6 Å². The van der Waals surface area contributed by atoms with E-state index in [0.717, 1.165) is 9.94 Å². The summed E-state index contributed by atoms with van der Waals surface area (Å²) in [6.45, 7) is 8.37. The van der Waals surface area contributed by atoms with Gasteiger partial charge in [0, 0.05) is 28.4 Å². The highest BCUT2D eigenvalue weighted by Crippen LogP contribution is 2.37. The monoisotopic (exact) mass is 339 g/mol. The van der Waals surface area contributed by atoms with Crippen LogP contribution in [0, 0.1) is 0 Å². The van der Waals surface area contributed by atoms with Crippen LogP contribution in [0.1, 0.15) is 59.4 Å². The summed E-state index contributed by atoms with van der Waals surface area (Å²) < 4.78 is 15.7. The molecule has 3 rings (SSSR count). The molecule has 1 aromatic heterocycles. The zero-order chi connectivity index (χ0) is 14.5. The molecule has 0 bridgehead atoms. The van der Waals surface area contributed by atoms with E-state index in [9.17, 15) is 0 Å². The SMILES string of the molecule is CC1(C)OB(c2cn(C3CCCC3)cc2Br)OC1(C)C. The molecule has 0 radical (unpaired) electrons. The highest BCUT2D eigenvalue weighted by atomic mass is 79.9. The van der Waals surface area contributed by atoms with Gasteiger partial charge in [-0.2, -0.15) is 0 Å². The van der Waals surface area contributed by atoms with Gasteiger partial charge in [0.15, 0.2) is 0 Å². The Labute approximate surface area is 130 Å². The molecule has 0 atom stereocenters. The molecular weight excluding hydrogens is 317 g/mol. The van der Waals surface area contributed by atoms with Crippen molar-refractivity contribution < 1.29 is 9.31 Å². The Morgan fingerprint density at radius 3 is 2.20 bits per heavy atom. The van der Waals surface area contributed by atoms with E-state index in [0.29, 0.717) is 6.04 Å². The van der Waals surface area contributed by atoms with Crippen LogP contribution in [-0.2, 0) is 9.31 Å². The Kier molecular flexibility index (Phi) is 3.59. The van der Waals surface area contributed by atoms with Crippen LogP contribution in [0.3, 0.4) is 0 Å². The molecule has 3 nitrogen and oxygen atoms in total. The molecule has 0 spiro atoms. The molecule has 2 heterocycles. The minimum Gasteiger partial charge on any atom is -0.399 e. The quantitative estimate of drug-likeness (QED) is 0.767. The lowest BCUT2D eigenvalue weighted by molar-refractivity contribution is 0.00578. The molecule has 0 unspecified atom stereocenters. The summed E-state index contributed by atoms with van der Waals surface area (Å²) in [6.07, 6.45) is 9.62. The highest BCUT2D eigenvalue weighted by Gasteiger charge is 2.52. The third-order valence-electron chi connectivity index (χ3n) is 5.08. The minimum atomic E-state index is -0.285. The van der Waals surface area contributed by atoms with Crippen molar-refractivity contribution in [2.24, 2.45) is 0 Å². The Morgan fingerprint density at radius 1 is 1.10 bits per heavy atom. The average Bonchev–Trinajstić information content (AvgIpc) is 2.98. The van der Waals surface area contributed by atoms with Crippen molar-refractivity contribution >= 4 is 28.5 Å². The van der Waals surface area contributed by atoms with Gasteiger partial charge in [-0.05, 0) is 56.5 Å². The molecule has 2 fully saturated rings. The largest absolute Gasteiger partial charge is 0.497 e. The van der Waals surface area contributed by atoms with Crippen molar-refractivity contribution in [1.82, 2.24) is 4.57 Å². The molecule has 1 saturated heterocycles. The van der Waals surface area contributed by atoms with E-state index in [4.69, 9.17) is 9.31 Å². The lowest BCUT2D eigenvalue weighted by Crippen LogP contribution is -2.41. The fraction of sp³-hybridized carbons (Fsp3) is 0.733. The maximum absolute atomic E-state index is 6.14. The van der Waals surface area contributed by atoms with E-state index in [1.807, 2.05) is 0 Å². The van der Waals surface area contributed by atoms with Gasteiger partial charge in [-0.15, -0.1) is 0 Å². The smallest absolute Gasteiger partial charge is 0.399 e. The van der Waals surface area contributed by atoms with Crippen LogP contribution in [0.15, 0.2) is 16.9 Å². The zero-order valence-corrected chi connectivity index (χ0v) is 14.4. The van der Waals surface area contributed by atoms with Crippen molar-refractivity contribution in [3.8, 4) is 0 Å². The van der Waals surface area contributed by atoms with Crippen LogP contribution in [-0.4, -0.2) is 22.9 Å². The van der Waals surface area contributed by atoms with E-state index < -0.39 is 0 Å². The summed E-state index contributed by atoms with van der Waals surface area (Å²) in [6, 6.07) is 0.641. The minimum absolute atomic E-state index is 0.281. The van der Waals surface area contributed by atoms with Gasteiger partial charge in [0.2, 0.25) is 0 Å². The first kappa shape index (κ1) is 14.7. The van der Waals surface area contributed by atoms with Gasteiger partial charge < -0.3 is 13.9 Å². The van der Waals surface area contributed by atoms with Crippen LogP contribution >= 0.6 is 15.9 Å². The Morgan fingerprint density at radius 2 is 1.65 bits per heavy atom. The van der Waals surface area contributed by atoms with Crippen LogP contribution in [0.5, 0.6) is 0 Å². The summed E-state index contributed by atoms with van der Waals surface area (Å²) in [4.78, 5) is 0. The second-order valence-corrected chi connectivity index (χ2v) is 7.89. The molecular formula is C15H23BBrNO2. The topological polar surface area (TPSA) is 23.4 Å². The predicted octanol–water partition coefficient (Wildman–Crippen LogP) is 3.66. The van der Waals surface area contributed by atoms with Crippen LogP contribution in [0.2, 0.25) is 0 Å². The molecule has 1 saturated carbocycles. The molecule has 0 N–H and O–H groups in total. The van der Waals surface area contributed by atoms with Gasteiger partial charge in [-0.25, -0.2) is 0 Å². The Balaban J connectivity index is 1.85. The molecule has 0 amide bonds. The van der Waals surface area contributed by atoms with Gasteiger partial charge in [0.1, 0.15) is 0 Å². The summed E-state index contributed by atoms with van der Waals surface area (Å²) in [5, 5.41) is 0. The maximum Gasteiger partial charge on any atom is 0.497 e. The van der Waals surface area contributed by atoms with Gasteiger partial charge in [-0.1, -0.05) is 12.8 Å². The molecule has 20 heavy (non-hydrogen) atoms. The first-order valence-electron chi connectivity index (χ1n) is 7.53.